The second-order valence-corrected chi connectivity index (χ2v) is 4.01. The highest BCUT2D eigenvalue weighted by Crippen LogP contribution is 2.11. The first kappa shape index (κ1) is 14.9. The summed E-state index contributed by atoms with van der Waals surface area (Å²) < 4.78 is 5.09. The molecule has 4 heteroatoms. The van der Waals surface area contributed by atoms with Gasteiger partial charge in [0.25, 0.3) is 0 Å². The fourth-order valence-corrected chi connectivity index (χ4v) is 1.96. The summed E-state index contributed by atoms with van der Waals surface area (Å²) in [6, 6.07) is 6.07. The van der Waals surface area contributed by atoms with Gasteiger partial charge in [-0.2, -0.15) is 0 Å². The van der Waals surface area contributed by atoms with Crippen LogP contribution in [-0.2, 0) is 4.74 Å². The van der Waals surface area contributed by atoms with Crippen LogP contribution < -0.4 is 4.90 Å². The SMILES string of the molecule is CC.COCCN1CCN(c2ccccn2)CC1. The van der Waals surface area contributed by atoms with Crippen LogP contribution in [0, 0.1) is 0 Å². The van der Waals surface area contributed by atoms with Gasteiger partial charge < -0.3 is 9.64 Å². The molecule has 1 fully saturated rings. The molecule has 0 bridgehead atoms. The second-order valence-electron chi connectivity index (χ2n) is 4.01. The number of piperazine rings is 1. The molecule has 0 radical (unpaired) electrons. The van der Waals surface area contributed by atoms with Gasteiger partial charge in [0.2, 0.25) is 0 Å². The Hall–Kier alpha value is -1.13. The largest absolute Gasteiger partial charge is 0.383 e. The van der Waals surface area contributed by atoms with E-state index in [2.05, 4.69) is 20.9 Å². The zero-order valence-electron chi connectivity index (χ0n) is 11.8. The van der Waals surface area contributed by atoms with Crippen molar-refractivity contribution in [1.82, 2.24) is 9.88 Å². The molecule has 0 aromatic carbocycles. The molecular weight excluding hydrogens is 226 g/mol. The van der Waals surface area contributed by atoms with Gasteiger partial charge in [-0.25, -0.2) is 4.98 Å². The fourth-order valence-electron chi connectivity index (χ4n) is 1.96. The third-order valence-electron chi connectivity index (χ3n) is 2.96. The number of nitrogens with zero attached hydrogens (tertiary/aromatic N) is 3. The predicted molar refractivity (Wildman–Crippen MR) is 76.1 cm³/mol. The van der Waals surface area contributed by atoms with Gasteiger partial charge in [-0.15, -0.1) is 0 Å². The van der Waals surface area contributed by atoms with Crippen LogP contribution in [0.1, 0.15) is 13.8 Å². The van der Waals surface area contributed by atoms with Gasteiger partial charge in [0.15, 0.2) is 0 Å². The summed E-state index contributed by atoms with van der Waals surface area (Å²) in [4.78, 5) is 9.14. The van der Waals surface area contributed by atoms with Crippen molar-refractivity contribution < 1.29 is 4.74 Å². The number of pyridine rings is 1. The topological polar surface area (TPSA) is 28.6 Å². The minimum atomic E-state index is 0.823. The lowest BCUT2D eigenvalue weighted by molar-refractivity contribution is 0.144. The van der Waals surface area contributed by atoms with Crippen LogP contribution in [0.25, 0.3) is 0 Å². The Bertz CT molecular complexity index is 297. The molecule has 0 aliphatic carbocycles. The van der Waals surface area contributed by atoms with Crippen LogP contribution in [0.5, 0.6) is 0 Å². The molecule has 0 saturated carbocycles. The smallest absolute Gasteiger partial charge is 0.128 e. The van der Waals surface area contributed by atoms with Crippen LogP contribution in [0.3, 0.4) is 0 Å². The second kappa shape index (κ2) is 8.89. The summed E-state index contributed by atoms with van der Waals surface area (Å²) in [5.41, 5.74) is 0. The van der Waals surface area contributed by atoms with Crippen LogP contribution in [0.2, 0.25) is 0 Å². The lowest BCUT2D eigenvalue weighted by Crippen LogP contribution is -2.47. The van der Waals surface area contributed by atoms with E-state index in [9.17, 15) is 0 Å². The van der Waals surface area contributed by atoms with E-state index in [1.807, 2.05) is 32.2 Å². The molecule has 0 spiro atoms. The number of hydrogen-bond donors (Lipinski definition) is 0. The number of ether oxygens (including phenoxy) is 1. The van der Waals surface area contributed by atoms with E-state index in [0.717, 1.165) is 45.1 Å². The standard InChI is InChI=1S/C12H19N3O.C2H6/c1-16-11-10-14-6-8-15(9-7-14)12-4-2-3-5-13-12;1-2/h2-5H,6-11H2,1H3;1-2H3. The first-order chi connectivity index (χ1) is 8.90. The van der Waals surface area contributed by atoms with Gasteiger partial charge in [0.05, 0.1) is 6.61 Å². The predicted octanol–water partition coefficient (Wildman–Crippen LogP) is 1.88. The zero-order chi connectivity index (χ0) is 13.2. The van der Waals surface area contributed by atoms with Crippen LogP contribution >= 0.6 is 0 Å². The van der Waals surface area contributed by atoms with Crippen LogP contribution in [-0.4, -0.2) is 56.3 Å². The highest BCUT2D eigenvalue weighted by atomic mass is 16.5. The molecule has 0 unspecified atom stereocenters. The lowest BCUT2D eigenvalue weighted by Gasteiger charge is -2.35. The van der Waals surface area contributed by atoms with Crippen molar-refractivity contribution in [3.63, 3.8) is 0 Å². The third kappa shape index (κ3) is 4.63. The maximum atomic E-state index is 5.09. The van der Waals surface area contributed by atoms with Crippen molar-refractivity contribution >= 4 is 5.82 Å². The monoisotopic (exact) mass is 251 g/mol. The molecule has 1 aromatic heterocycles. The summed E-state index contributed by atoms with van der Waals surface area (Å²) in [5, 5.41) is 0. The molecule has 18 heavy (non-hydrogen) atoms. The van der Waals surface area contributed by atoms with Crippen molar-refractivity contribution in [3.05, 3.63) is 24.4 Å². The average Bonchev–Trinajstić information content (AvgIpc) is 2.49. The van der Waals surface area contributed by atoms with Gasteiger partial charge >= 0.3 is 0 Å². The van der Waals surface area contributed by atoms with E-state index < -0.39 is 0 Å². The zero-order valence-corrected chi connectivity index (χ0v) is 11.8. The van der Waals surface area contributed by atoms with E-state index in [0.29, 0.717) is 0 Å². The molecule has 1 aliphatic heterocycles. The highest BCUT2D eigenvalue weighted by Gasteiger charge is 2.16. The maximum absolute atomic E-state index is 5.09. The first-order valence-electron chi connectivity index (χ1n) is 6.77. The Morgan fingerprint density at radius 2 is 1.89 bits per heavy atom. The molecule has 1 aromatic rings. The number of anilines is 1. The summed E-state index contributed by atoms with van der Waals surface area (Å²) in [6.07, 6.45) is 1.85. The first-order valence-corrected chi connectivity index (χ1v) is 6.77. The van der Waals surface area contributed by atoms with Crippen molar-refractivity contribution in [2.75, 3.05) is 51.3 Å². The Morgan fingerprint density at radius 1 is 1.17 bits per heavy atom. The number of hydrogen-bond acceptors (Lipinski definition) is 4. The van der Waals surface area contributed by atoms with Crippen molar-refractivity contribution in [2.45, 2.75) is 13.8 Å². The summed E-state index contributed by atoms with van der Waals surface area (Å²) in [5.74, 6) is 1.09. The molecule has 102 valence electrons. The number of aromatic nitrogens is 1. The van der Waals surface area contributed by atoms with Gasteiger partial charge in [-0.3, -0.25) is 4.90 Å². The third-order valence-corrected chi connectivity index (χ3v) is 2.96. The average molecular weight is 251 g/mol. The summed E-state index contributed by atoms with van der Waals surface area (Å²) in [6.45, 7) is 10.2. The van der Waals surface area contributed by atoms with Crippen molar-refractivity contribution in [1.29, 1.82) is 0 Å². The van der Waals surface area contributed by atoms with E-state index in [4.69, 9.17) is 4.74 Å². The number of rotatable bonds is 4. The Kier molecular flexibility index (Phi) is 7.37. The van der Waals surface area contributed by atoms with Crippen LogP contribution in [0.4, 0.5) is 5.82 Å². The van der Waals surface area contributed by atoms with E-state index in [1.165, 1.54) is 0 Å². The Morgan fingerprint density at radius 3 is 2.44 bits per heavy atom. The fraction of sp³-hybridized carbons (Fsp3) is 0.643. The Labute approximate surface area is 111 Å². The molecule has 4 nitrogen and oxygen atoms in total. The minimum absolute atomic E-state index is 0.823. The van der Waals surface area contributed by atoms with Gasteiger partial charge in [-0.05, 0) is 12.1 Å². The molecule has 2 rings (SSSR count). The normalized spacial score (nSPS) is 16.1. The van der Waals surface area contributed by atoms with E-state index in [-0.39, 0.29) is 0 Å². The maximum Gasteiger partial charge on any atom is 0.128 e. The Balaban J connectivity index is 0.000000771. The molecule has 0 atom stereocenters. The van der Waals surface area contributed by atoms with Gasteiger partial charge in [0.1, 0.15) is 5.82 Å². The van der Waals surface area contributed by atoms with E-state index >= 15 is 0 Å². The van der Waals surface area contributed by atoms with Crippen molar-refractivity contribution in [2.24, 2.45) is 0 Å². The van der Waals surface area contributed by atoms with E-state index in [1.54, 1.807) is 7.11 Å². The lowest BCUT2D eigenvalue weighted by atomic mass is 10.3. The highest BCUT2D eigenvalue weighted by molar-refractivity contribution is 5.38. The summed E-state index contributed by atoms with van der Waals surface area (Å²) in [7, 11) is 1.75. The molecular formula is C14H25N3O. The number of methoxy groups -OCH3 is 1. The quantitative estimate of drug-likeness (QED) is 0.817. The molecule has 2 heterocycles. The van der Waals surface area contributed by atoms with Gasteiger partial charge in [0, 0.05) is 46.0 Å². The summed E-state index contributed by atoms with van der Waals surface area (Å²) >= 11 is 0. The molecule has 0 amide bonds. The van der Waals surface area contributed by atoms with Crippen molar-refractivity contribution in [3.8, 4) is 0 Å². The van der Waals surface area contributed by atoms with Gasteiger partial charge in [-0.1, -0.05) is 19.9 Å². The molecule has 1 saturated heterocycles. The molecule has 1 aliphatic rings. The van der Waals surface area contributed by atoms with Crippen LogP contribution in [0.15, 0.2) is 24.4 Å². The minimum Gasteiger partial charge on any atom is -0.383 e. The molecule has 0 N–H and O–H groups in total.